The number of esters is 2. The third kappa shape index (κ3) is 7.05. The number of rotatable bonds is 5. The van der Waals surface area contributed by atoms with Crippen LogP contribution in [0.3, 0.4) is 0 Å². The molecule has 0 aliphatic heterocycles. The van der Waals surface area contributed by atoms with Crippen LogP contribution in [0.4, 0.5) is 0 Å². The molecule has 4 nitrogen and oxygen atoms in total. The van der Waals surface area contributed by atoms with Gasteiger partial charge in [-0.25, -0.2) is 0 Å². The van der Waals surface area contributed by atoms with Crippen LogP contribution < -0.4 is 0 Å². The van der Waals surface area contributed by atoms with E-state index in [9.17, 15) is 9.59 Å². The van der Waals surface area contributed by atoms with Gasteiger partial charge in [0.05, 0.1) is 6.61 Å². The minimum absolute atomic E-state index is 0.203. The van der Waals surface area contributed by atoms with Crippen LogP contribution in [0.5, 0.6) is 0 Å². The van der Waals surface area contributed by atoms with Crippen LogP contribution in [0.1, 0.15) is 20.3 Å². The predicted molar refractivity (Wildman–Crippen MR) is 47.0 cm³/mol. The molecule has 0 aliphatic rings. The van der Waals surface area contributed by atoms with E-state index in [1.807, 2.05) is 6.92 Å². The number of hydrogen-bond donors (Lipinski definition) is 0. The Kier molecular flexibility index (Phi) is 6.59. The molecule has 0 N–H and O–H groups in total. The van der Waals surface area contributed by atoms with Crippen molar-refractivity contribution in [3.8, 4) is 0 Å². The number of carbonyl (C=O) groups is 2. The standard InChI is InChI=1S/C9H14O4/c1-3-5-6-13-9(11)7-8(10)12-4-2/h3,5H,4,6-7H2,1-2H3. The molecule has 0 atom stereocenters. The van der Waals surface area contributed by atoms with Crippen LogP contribution in [-0.2, 0) is 19.1 Å². The van der Waals surface area contributed by atoms with Crippen LogP contribution in [0.2, 0.25) is 0 Å². The fourth-order valence-corrected chi connectivity index (χ4v) is 0.618. The smallest absolute Gasteiger partial charge is 0.317 e. The molecule has 0 unspecified atom stereocenters. The minimum atomic E-state index is -0.559. The average Bonchev–Trinajstić information content (AvgIpc) is 2.05. The highest BCUT2D eigenvalue weighted by molar-refractivity contribution is 5.91. The van der Waals surface area contributed by atoms with Gasteiger partial charge < -0.3 is 9.47 Å². The van der Waals surface area contributed by atoms with Gasteiger partial charge in [-0.2, -0.15) is 0 Å². The molecule has 0 saturated carbocycles. The zero-order valence-corrected chi connectivity index (χ0v) is 7.91. The Bertz CT molecular complexity index is 196. The second-order valence-electron chi connectivity index (χ2n) is 2.23. The molecule has 0 rings (SSSR count). The lowest BCUT2D eigenvalue weighted by Gasteiger charge is -2.01. The molecule has 13 heavy (non-hydrogen) atoms. The number of hydrogen-bond acceptors (Lipinski definition) is 4. The van der Waals surface area contributed by atoms with Crippen molar-refractivity contribution in [2.24, 2.45) is 0 Å². The molecule has 0 fully saturated rings. The molecule has 74 valence electrons. The monoisotopic (exact) mass is 186 g/mol. The average molecular weight is 186 g/mol. The lowest BCUT2D eigenvalue weighted by molar-refractivity contribution is -0.153. The number of allylic oxidation sites excluding steroid dienone is 1. The largest absolute Gasteiger partial charge is 0.466 e. The Morgan fingerprint density at radius 1 is 1.23 bits per heavy atom. The van der Waals surface area contributed by atoms with Gasteiger partial charge in [0, 0.05) is 0 Å². The van der Waals surface area contributed by atoms with E-state index in [0.717, 1.165) is 0 Å². The van der Waals surface area contributed by atoms with E-state index in [1.165, 1.54) is 0 Å². The fourth-order valence-electron chi connectivity index (χ4n) is 0.618. The predicted octanol–water partition coefficient (Wildman–Crippen LogP) is 1.06. The van der Waals surface area contributed by atoms with Crippen molar-refractivity contribution < 1.29 is 19.1 Å². The van der Waals surface area contributed by atoms with Crippen LogP contribution in [0.15, 0.2) is 12.2 Å². The lowest BCUT2D eigenvalue weighted by atomic mass is 10.4. The summed E-state index contributed by atoms with van der Waals surface area (Å²) in [5, 5.41) is 0. The van der Waals surface area contributed by atoms with Crippen LogP contribution in [0.25, 0.3) is 0 Å². The van der Waals surface area contributed by atoms with Crippen LogP contribution >= 0.6 is 0 Å². The van der Waals surface area contributed by atoms with E-state index >= 15 is 0 Å². The number of carbonyl (C=O) groups excluding carboxylic acids is 2. The fraction of sp³-hybridized carbons (Fsp3) is 0.556. The van der Waals surface area contributed by atoms with Crippen molar-refractivity contribution >= 4 is 11.9 Å². The van der Waals surface area contributed by atoms with Gasteiger partial charge in [-0.05, 0) is 13.8 Å². The van der Waals surface area contributed by atoms with Crippen molar-refractivity contribution in [2.45, 2.75) is 20.3 Å². The molecule has 0 aromatic heterocycles. The maximum absolute atomic E-state index is 10.8. The highest BCUT2D eigenvalue weighted by Gasteiger charge is 2.10. The zero-order chi connectivity index (χ0) is 10.1. The summed E-state index contributed by atoms with van der Waals surface area (Å²) >= 11 is 0. The van der Waals surface area contributed by atoms with E-state index in [0.29, 0.717) is 0 Å². The summed E-state index contributed by atoms with van der Waals surface area (Å²) in [6.07, 6.45) is 3.13. The summed E-state index contributed by atoms with van der Waals surface area (Å²) < 4.78 is 9.23. The summed E-state index contributed by atoms with van der Waals surface area (Å²) in [7, 11) is 0. The topological polar surface area (TPSA) is 52.6 Å². The normalized spacial score (nSPS) is 10.0. The summed E-state index contributed by atoms with van der Waals surface area (Å²) in [5.41, 5.74) is 0. The molecule has 0 bridgehead atoms. The van der Waals surface area contributed by atoms with E-state index in [-0.39, 0.29) is 19.6 Å². The molecule has 0 radical (unpaired) electrons. The molecule has 0 amide bonds. The van der Waals surface area contributed by atoms with Gasteiger partial charge in [0.15, 0.2) is 0 Å². The van der Waals surface area contributed by atoms with Crippen LogP contribution in [0, 0.1) is 0 Å². The molecular weight excluding hydrogens is 172 g/mol. The summed E-state index contributed by atoms with van der Waals surface area (Å²) in [4.78, 5) is 21.6. The van der Waals surface area contributed by atoms with Gasteiger partial charge >= 0.3 is 11.9 Å². The first-order valence-electron chi connectivity index (χ1n) is 4.13. The minimum Gasteiger partial charge on any atom is -0.466 e. The third-order valence-corrected chi connectivity index (χ3v) is 1.17. The second-order valence-corrected chi connectivity index (χ2v) is 2.23. The van der Waals surface area contributed by atoms with Gasteiger partial charge in [-0.15, -0.1) is 0 Å². The van der Waals surface area contributed by atoms with E-state index in [2.05, 4.69) is 9.47 Å². The molecule has 0 aliphatic carbocycles. The van der Waals surface area contributed by atoms with Gasteiger partial charge in [0.2, 0.25) is 0 Å². The Balaban J connectivity index is 3.55. The molecule has 0 saturated heterocycles. The highest BCUT2D eigenvalue weighted by Crippen LogP contribution is 1.90. The Hall–Kier alpha value is -1.32. The molecule has 0 aromatic rings. The summed E-state index contributed by atoms with van der Waals surface area (Å²) in [6, 6.07) is 0. The van der Waals surface area contributed by atoms with Crippen molar-refractivity contribution in [2.75, 3.05) is 13.2 Å². The third-order valence-electron chi connectivity index (χ3n) is 1.17. The van der Waals surface area contributed by atoms with Crippen molar-refractivity contribution in [3.63, 3.8) is 0 Å². The first-order chi connectivity index (χ1) is 6.20. The number of ether oxygens (including phenoxy) is 2. The maximum Gasteiger partial charge on any atom is 0.317 e. The quantitative estimate of drug-likeness (QED) is 0.366. The SMILES string of the molecule is CC=CCOC(=O)CC(=O)OCC. The Morgan fingerprint density at radius 2 is 1.85 bits per heavy atom. The maximum atomic E-state index is 10.8. The first kappa shape index (κ1) is 11.7. The van der Waals surface area contributed by atoms with Gasteiger partial charge in [0.25, 0.3) is 0 Å². The van der Waals surface area contributed by atoms with E-state index in [4.69, 9.17) is 0 Å². The second kappa shape index (κ2) is 7.34. The highest BCUT2D eigenvalue weighted by atomic mass is 16.5. The zero-order valence-electron chi connectivity index (χ0n) is 7.91. The molecular formula is C9H14O4. The van der Waals surface area contributed by atoms with E-state index in [1.54, 1.807) is 19.1 Å². The molecule has 0 heterocycles. The lowest BCUT2D eigenvalue weighted by Crippen LogP contribution is -2.13. The van der Waals surface area contributed by atoms with Crippen LogP contribution in [-0.4, -0.2) is 25.2 Å². The molecule has 0 spiro atoms. The van der Waals surface area contributed by atoms with Crippen molar-refractivity contribution in [3.05, 3.63) is 12.2 Å². The molecule has 0 aromatic carbocycles. The molecule has 4 heteroatoms. The van der Waals surface area contributed by atoms with Gasteiger partial charge in [-0.3, -0.25) is 9.59 Å². The Labute approximate surface area is 77.5 Å². The van der Waals surface area contributed by atoms with Gasteiger partial charge in [0.1, 0.15) is 13.0 Å². The first-order valence-corrected chi connectivity index (χ1v) is 4.13. The van der Waals surface area contributed by atoms with E-state index < -0.39 is 11.9 Å². The summed E-state index contributed by atoms with van der Waals surface area (Å²) in [6.45, 7) is 3.98. The Morgan fingerprint density at radius 3 is 2.38 bits per heavy atom. The summed E-state index contributed by atoms with van der Waals surface area (Å²) in [5.74, 6) is -1.11. The van der Waals surface area contributed by atoms with Crippen molar-refractivity contribution in [1.82, 2.24) is 0 Å². The van der Waals surface area contributed by atoms with Gasteiger partial charge in [-0.1, -0.05) is 12.2 Å². The van der Waals surface area contributed by atoms with Crippen molar-refractivity contribution in [1.29, 1.82) is 0 Å².